The number of rotatable bonds is 20. The lowest BCUT2D eigenvalue weighted by atomic mass is 10.2. The summed E-state index contributed by atoms with van der Waals surface area (Å²) in [6.07, 6.45) is 3.30. The number of ether oxygens (including phenoxy) is 5. The number of methoxy groups -OCH3 is 1. The molecule has 0 spiro atoms. The first-order valence-electron chi connectivity index (χ1n) is 14.8. The third-order valence-corrected chi connectivity index (χ3v) is 6.23. The molecule has 0 saturated carbocycles. The van der Waals surface area contributed by atoms with Crippen LogP contribution in [-0.2, 0) is 38.1 Å². The number of esters is 4. The van der Waals surface area contributed by atoms with Crippen molar-refractivity contribution in [2.24, 2.45) is 0 Å². The van der Waals surface area contributed by atoms with Gasteiger partial charge in [-0.3, -0.25) is 19.7 Å². The topological polar surface area (TPSA) is 193 Å². The molecule has 0 atom stereocenters. The van der Waals surface area contributed by atoms with E-state index in [-0.39, 0.29) is 39.3 Å². The second kappa shape index (κ2) is 21.7. The van der Waals surface area contributed by atoms with Crippen LogP contribution in [-0.4, -0.2) is 81.1 Å². The van der Waals surface area contributed by atoms with Crippen LogP contribution in [0.4, 0.5) is 16.2 Å². The molecule has 0 fully saturated rings. The van der Waals surface area contributed by atoms with Crippen LogP contribution in [0.25, 0.3) is 0 Å². The van der Waals surface area contributed by atoms with Crippen molar-refractivity contribution in [1.29, 1.82) is 0 Å². The van der Waals surface area contributed by atoms with E-state index in [0.717, 1.165) is 0 Å². The lowest BCUT2D eigenvalue weighted by molar-refractivity contribution is -0.152. The molecule has 2 aromatic rings. The van der Waals surface area contributed by atoms with E-state index < -0.39 is 42.5 Å². The zero-order chi connectivity index (χ0) is 33.6. The molecule has 250 valence electrons. The third kappa shape index (κ3) is 15.7. The number of aliphatic hydroxyl groups excluding tert-OH is 1. The molecule has 0 saturated heterocycles. The van der Waals surface area contributed by atoms with Gasteiger partial charge in [-0.2, -0.15) is 0 Å². The molecule has 0 unspecified atom stereocenters. The van der Waals surface area contributed by atoms with Gasteiger partial charge in [0.1, 0.15) is 19.8 Å². The zero-order valence-corrected chi connectivity index (χ0v) is 25.7. The minimum atomic E-state index is -0.635. The molecule has 0 aliphatic heterocycles. The normalized spacial score (nSPS) is 10.3. The molecule has 0 aliphatic rings. The van der Waals surface area contributed by atoms with Crippen molar-refractivity contribution in [1.82, 2.24) is 0 Å². The molecule has 2 rings (SSSR count). The zero-order valence-electron chi connectivity index (χ0n) is 25.7. The lowest BCUT2D eigenvalue weighted by Gasteiger charge is -2.08. The van der Waals surface area contributed by atoms with E-state index in [4.69, 9.17) is 24.1 Å². The molecule has 0 radical (unpaired) electrons. The fraction of sp³-hybridized carbons (Fsp3) is 0.438. The average Bonchev–Trinajstić information content (AvgIpc) is 3.06. The molecule has 2 aromatic carbocycles. The minimum Gasteiger partial charge on any atom is -0.462 e. The van der Waals surface area contributed by atoms with Crippen LogP contribution in [0.15, 0.2) is 48.5 Å². The summed E-state index contributed by atoms with van der Waals surface area (Å²) < 4.78 is 25.1. The first kappa shape index (κ1) is 37.2. The van der Waals surface area contributed by atoms with Gasteiger partial charge >= 0.3 is 30.0 Å². The van der Waals surface area contributed by atoms with Crippen molar-refractivity contribution >= 4 is 47.3 Å². The van der Waals surface area contributed by atoms with E-state index in [9.17, 15) is 28.8 Å². The molecule has 0 aromatic heterocycles. The van der Waals surface area contributed by atoms with Crippen LogP contribution in [0.3, 0.4) is 0 Å². The summed E-state index contributed by atoms with van der Waals surface area (Å²) in [5.41, 5.74) is 1.59. The first-order valence-corrected chi connectivity index (χ1v) is 14.8. The van der Waals surface area contributed by atoms with Gasteiger partial charge in [0.15, 0.2) is 0 Å². The lowest BCUT2D eigenvalue weighted by Crippen LogP contribution is -2.15. The van der Waals surface area contributed by atoms with Gasteiger partial charge in [-0.1, -0.05) is 0 Å². The number of benzene rings is 2. The highest BCUT2D eigenvalue weighted by atomic mass is 16.6. The van der Waals surface area contributed by atoms with Crippen LogP contribution in [0, 0.1) is 0 Å². The molecule has 0 bridgehead atoms. The standard InChI is InChI=1S/C32H40N2O12/c1-42-32(41)34-26-16-12-24(13-17-26)31(40)46-19-7-3-5-9-29(38)44-21-20-43-28(37)8-4-2-6-18-45-30(39)23-10-14-25(15-11-23)33-27(36)22-35/h10-17,35H,2-9,18-22H2,1H3,(H,33,36)(H,34,41). The average molecular weight is 645 g/mol. The Labute approximate surface area is 266 Å². The van der Waals surface area contributed by atoms with Crippen molar-refractivity contribution in [3.05, 3.63) is 59.7 Å². The SMILES string of the molecule is COC(=O)Nc1ccc(C(=O)OCCCCCC(=O)OCCOC(=O)CCCCCOC(=O)c2ccc(NC(=O)CO)cc2)cc1. The smallest absolute Gasteiger partial charge is 0.411 e. The summed E-state index contributed by atoms with van der Waals surface area (Å²) in [6.45, 7) is -0.335. The Kier molecular flexibility index (Phi) is 17.5. The van der Waals surface area contributed by atoms with Gasteiger partial charge in [-0.15, -0.1) is 0 Å². The predicted molar refractivity (Wildman–Crippen MR) is 164 cm³/mol. The summed E-state index contributed by atoms with van der Waals surface area (Å²) in [5, 5.41) is 13.7. The van der Waals surface area contributed by atoms with Crippen molar-refractivity contribution in [2.75, 3.05) is 50.8 Å². The fourth-order valence-corrected chi connectivity index (χ4v) is 3.80. The molecular formula is C32H40N2O12. The van der Waals surface area contributed by atoms with Gasteiger partial charge in [0.2, 0.25) is 5.91 Å². The van der Waals surface area contributed by atoms with Crippen molar-refractivity contribution in [3.8, 4) is 0 Å². The summed E-state index contributed by atoms with van der Waals surface area (Å²) in [7, 11) is 1.25. The highest BCUT2D eigenvalue weighted by Gasteiger charge is 2.10. The molecule has 0 heterocycles. The van der Waals surface area contributed by atoms with Crippen molar-refractivity contribution in [2.45, 2.75) is 51.4 Å². The number of anilines is 2. The van der Waals surface area contributed by atoms with E-state index in [1.54, 1.807) is 12.1 Å². The molecule has 46 heavy (non-hydrogen) atoms. The number of carbonyl (C=O) groups excluding carboxylic acids is 6. The number of amides is 2. The van der Waals surface area contributed by atoms with E-state index in [0.29, 0.717) is 61.0 Å². The van der Waals surface area contributed by atoms with Crippen molar-refractivity contribution < 1.29 is 57.6 Å². The van der Waals surface area contributed by atoms with Crippen LogP contribution in [0.5, 0.6) is 0 Å². The van der Waals surface area contributed by atoms with E-state index >= 15 is 0 Å². The highest BCUT2D eigenvalue weighted by molar-refractivity contribution is 5.93. The first-order chi connectivity index (χ1) is 22.2. The summed E-state index contributed by atoms with van der Waals surface area (Å²) in [6, 6.07) is 12.2. The fourth-order valence-electron chi connectivity index (χ4n) is 3.80. The summed E-state index contributed by atoms with van der Waals surface area (Å²) >= 11 is 0. The van der Waals surface area contributed by atoms with Crippen molar-refractivity contribution in [3.63, 3.8) is 0 Å². The van der Waals surface area contributed by atoms with Crippen LogP contribution >= 0.6 is 0 Å². The Morgan fingerprint density at radius 3 is 1.41 bits per heavy atom. The van der Waals surface area contributed by atoms with Gasteiger partial charge in [0, 0.05) is 24.2 Å². The number of hydrogen-bond acceptors (Lipinski definition) is 12. The second-order valence-corrected chi connectivity index (χ2v) is 9.81. The van der Waals surface area contributed by atoms with E-state index in [1.807, 2.05) is 0 Å². The Morgan fingerprint density at radius 1 is 0.565 bits per heavy atom. The maximum absolute atomic E-state index is 12.1. The molecule has 14 nitrogen and oxygen atoms in total. The Morgan fingerprint density at radius 2 is 1.00 bits per heavy atom. The number of carbonyl (C=O) groups is 6. The third-order valence-electron chi connectivity index (χ3n) is 6.23. The molecule has 2 amide bonds. The molecule has 14 heteroatoms. The quantitative estimate of drug-likeness (QED) is 0.107. The largest absolute Gasteiger partial charge is 0.462 e. The van der Waals surface area contributed by atoms with Gasteiger partial charge in [-0.25, -0.2) is 14.4 Å². The number of aliphatic hydroxyl groups is 1. The van der Waals surface area contributed by atoms with Gasteiger partial charge in [0.05, 0.1) is 31.5 Å². The Balaban J connectivity index is 1.42. The highest BCUT2D eigenvalue weighted by Crippen LogP contribution is 2.13. The van der Waals surface area contributed by atoms with Gasteiger partial charge in [0.25, 0.3) is 0 Å². The second-order valence-electron chi connectivity index (χ2n) is 9.81. The minimum absolute atomic E-state index is 0.0408. The van der Waals surface area contributed by atoms with E-state index in [2.05, 4.69) is 15.4 Å². The Hall–Kier alpha value is -4.98. The number of hydrogen-bond donors (Lipinski definition) is 3. The molecule has 0 aliphatic carbocycles. The van der Waals surface area contributed by atoms with Crippen LogP contribution in [0.1, 0.15) is 72.1 Å². The predicted octanol–water partition coefficient (Wildman–Crippen LogP) is 4.02. The monoisotopic (exact) mass is 644 g/mol. The number of unbranched alkanes of at least 4 members (excludes halogenated alkanes) is 4. The van der Waals surface area contributed by atoms with E-state index in [1.165, 1.54) is 43.5 Å². The van der Waals surface area contributed by atoms with Gasteiger partial charge < -0.3 is 34.1 Å². The molecule has 3 N–H and O–H groups in total. The van der Waals surface area contributed by atoms with Gasteiger partial charge in [-0.05, 0) is 87.1 Å². The maximum atomic E-state index is 12.1. The number of nitrogens with one attached hydrogen (secondary N) is 2. The van der Waals surface area contributed by atoms with Crippen LogP contribution in [0.2, 0.25) is 0 Å². The van der Waals surface area contributed by atoms with Crippen LogP contribution < -0.4 is 10.6 Å². The summed E-state index contributed by atoms with van der Waals surface area (Å²) in [4.78, 5) is 70.3. The maximum Gasteiger partial charge on any atom is 0.411 e. The molecular weight excluding hydrogens is 604 g/mol. The Bertz CT molecular complexity index is 1180. The summed E-state index contributed by atoms with van der Waals surface area (Å²) in [5.74, 6) is -2.38.